The van der Waals surface area contributed by atoms with Crippen molar-refractivity contribution in [3.05, 3.63) is 89.5 Å². The van der Waals surface area contributed by atoms with Crippen LogP contribution in [0.5, 0.6) is 17.2 Å². The number of nitrogens with zero attached hydrogens (tertiary/aromatic N) is 1. The van der Waals surface area contributed by atoms with Crippen molar-refractivity contribution < 1.29 is 23.8 Å². The molecule has 4 rings (SSSR count). The highest BCUT2D eigenvalue weighted by atomic mass is 16.5. The lowest BCUT2D eigenvalue weighted by Crippen LogP contribution is -2.32. The molecule has 1 amide bonds. The summed E-state index contributed by atoms with van der Waals surface area (Å²) in [7, 11) is 3.27. The fraction of sp³-hybridized carbons (Fsp3) is 0.200. The van der Waals surface area contributed by atoms with Crippen molar-refractivity contribution in [2.75, 3.05) is 20.8 Å². The Labute approximate surface area is 181 Å². The Balaban J connectivity index is 1.44. The number of hydrogen-bond acceptors (Lipinski definition) is 5. The Kier molecular flexibility index (Phi) is 5.89. The lowest BCUT2D eigenvalue weighted by Gasteiger charge is -2.27. The number of esters is 1. The van der Waals surface area contributed by atoms with Gasteiger partial charge in [0.2, 0.25) is 0 Å². The van der Waals surface area contributed by atoms with Crippen LogP contribution in [0.4, 0.5) is 0 Å². The smallest absolute Gasteiger partial charge is 0.318 e. The van der Waals surface area contributed by atoms with Crippen molar-refractivity contribution in [2.45, 2.75) is 12.5 Å². The van der Waals surface area contributed by atoms with Crippen molar-refractivity contribution in [3.8, 4) is 17.2 Å². The van der Waals surface area contributed by atoms with E-state index in [1.807, 2.05) is 72.8 Å². The van der Waals surface area contributed by atoms with Gasteiger partial charge in [-0.2, -0.15) is 0 Å². The van der Waals surface area contributed by atoms with Gasteiger partial charge < -0.3 is 19.1 Å². The molecule has 3 aromatic carbocycles. The highest BCUT2D eigenvalue weighted by molar-refractivity contribution is 5.87. The van der Waals surface area contributed by atoms with E-state index in [1.165, 1.54) is 4.90 Å². The third-order valence-electron chi connectivity index (χ3n) is 5.23. The summed E-state index contributed by atoms with van der Waals surface area (Å²) in [6, 6.07) is 22.2. The number of ether oxygens (including phenoxy) is 3. The quantitative estimate of drug-likeness (QED) is 0.564. The number of hydrogen-bond donors (Lipinski definition) is 0. The normalized spacial score (nSPS) is 12.2. The molecule has 31 heavy (non-hydrogen) atoms. The number of para-hydroxylation sites is 2. The van der Waals surface area contributed by atoms with E-state index in [-0.39, 0.29) is 12.5 Å². The van der Waals surface area contributed by atoms with Gasteiger partial charge in [-0.1, -0.05) is 48.5 Å². The van der Waals surface area contributed by atoms with Crippen molar-refractivity contribution in [1.29, 1.82) is 0 Å². The molecule has 0 aliphatic carbocycles. The molecule has 0 radical (unpaired) electrons. The van der Waals surface area contributed by atoms with Gasteiger partial charge in [0.25, 0.3) is 5.91 Å². The van der Waals surface area contributed by atoms with Crippen LogP contribution in [0.2, 0.25) is 0 Å². The average Bonchev–Trinajstić information content (AvgIpc) is 2.80. The third-order valence-corrected chi connectivity index (χ3v) is 5.23. The lowest BCUT2D eigenvalue weighted by molar-refractivity contribution is -0.152. The second-order valence-corrected chi connectivity index (χ2v) is 7.32. The van der Waals surface area contributed by atoms with Crippen LogP contribution in [-0.2, 0) is 20.9 Å². The zero-order valence-corrected chi connectivity index (χ0v) is 17.4. The second-order valence-electron chi connectivity index (χ2n) is 7.32. The zero-order chi connectivity index (χ0) is 21.8. The molecule has 0 saturated carbocycles. The number of amides is 1. The Bertz CT molecular complexity index is 1060. The van der Waals surface area contributed by atoms with Crippen LogP contribution in [0.1, 0.15) is 22.6 Å². The zero-order valence-electron chi connectivity index (χ0n) is 17.4. The van der Waals surface area contributed by atoms with Gasteiger partial charge in [-0.05, 0) is 29.8 Å². The first kappa shape index (κ1) is 20.5. The minimum atomic E-state index is -0.641. The summed E-state index contributed by atoms with van der Waals surface area (Å²) in [5, 5.41) is 0. The molecule has 0 bridgehead atoms. The van der Waals surface area contributed by atoms with Crippen LogP contribution in [0.25, 0.3) is 0 Å². The summed E-state index contributed by atoms with van der Waals surface area (Å²) in [5.41, 5.74) is 2.38. The van der Waals surface area contributed by atoms with Crippen LogP contribution < -0.4 is 9.47 Å². The van der Waals surface area contributed by atoms with Gasteiger partial charge in [0.05, 0.1) is 7.11 Å². The number of carbonyl (C=O) groups excluding carboxylic acids is 2. The molecule has 0 fully saturated rings. The molecule has 0 aromatic heterocycles. The van der Waals surface area contributed by atoms with Gasteiger partial charge in [0.1, 0.15) is 23.2 Å². The van der Waals surface area contributed by atoms with Crippen molar-refractivity contribution in [1.82, 2.24) is 4.90 Å². The molecule has 1 aliphatic rings. The molecule has 0 saturated heterocycles. The highest BCUT2D eigenvalue weighted by Gasteiger charge is 2.34. The summed E-state index contributed by atoms with van der Waals surface area (Å²) < 4.78 is 16.6. The SMILES string of the molecule is COc1cccc(CN(C)C(=O)COC(=O)C2c3ccccc3Oc3ccccc32)c1. The highest BCUT2D eigenvalue weighted by Crippen LogP contribution is 2.44. The van der Waals surface area contributed by atoms with E-state index in [0.29, 0.717) is 18.0 Å². The first-order chi connectivity index (χ1) is 15.1. The third kappa shape index (κ3) is 4.38. The molecule has 0 N–H and O–H groups in total. The molecule has 6 heteroatoms. The van der Waals surface area contributed by atoms with E-state index in [9.17, 15) is 9.59 Å². The molecule has 1 heterocycles. The molecule has 3 aromatic rings. The molecule has 1 aliphatic heterocycles. The molecular formula is C25H23NO5. The fourth-order valence-electron chi connectivity index (χ4n) is 3.62. The predicted octanol–water partition coefficient (Wildman–Crippen LogP) is 4.13. The maximum absolute atomic E-state index is 13.0. The lowest BCUT2D eigenvalue weighted by atomic mass is 9.88. The van der Waals surface area contributed by atoms with Gasteiger partial charge in [0.15, 0.2) is 6.61 Å². The first-order valence-electron chi connectivity index (χ1n) is 9.96. The molecule has 0 spiro atoms. The topological polar surface area (TPSA) is 65.1 Å². The maximum Gasteiger partial charge on any atom is 0.318 e. The summed E-state index contributed by atoms with van der Waals surface area (Å²) >= 11 is 0. The minimum Gasteiger partial charge on any atom is -0.497 e. The monoisotopic (exact) mass is 417 g/mol. The van der Waals surface area contributed by atoms with Gasteiger partial charge >= 0.3 is 5.97 Å². The van der Waals surface area contributed by atoms with Gasteiger partial charge in [-0.3, -0.25) is 9.59 Å². The number of fused-ring (bicyclic) bond motifs is 2. The Morgan fingerprint density at radius 2 is 1.58 bits per heavy atom. The fourth-order valence-corrected chi connectivity index (χ4v) is 3.62. The van der Waals surface area contributed by atoms with E-state index in [1.54, 1.807) is 14.2 Å². The van der Waals surface area contributed by atoms with Crippen LogP contribution in [-0.4, -0.2) is 37.5 Å². The van der Waals surface area contributed by atoms with E-state index < -0.39 is 11.9 Å². The average molecular weight is 417 g/mol. The van der Waals surface area contributed by atoms with Crippen molar-refractivity contribution in [2.24, 2.45) is 0 Å². The Morgan fingerprint density at radius 1 is 0.935 bits per heavy atom. The summed E-state index contributed by atoms with van der Waals surface area (Å²) in [6.45, 7) is 0.0531. The van der Waals surface area contributed by atoms with E-state index in [2.05, 4.69) is 0 Å². The van der Waals surface area contributed by atoms with E-state index >= 15 is 0 Å². The standard InChI is InChI=1S/C25H23NO5/c1-26(15-17-8-7-9-18(14-17)29-2)23(27)16-30-25(28)24-19-10-3-5-12-21(19)31-22-13-6-4-11-20(22)24/h3-14,24H,15-16H2,1-2H3. The maximum atomic E-state index is 13.0. The second kappa shape index (κ2) is 8.92. The number of methoxy groups -OCH3 is 1. The molecular weight excluding hydrogens is 394 g/mol. The van der Waals surface area contributed by atoms with Crippen molar-refractivity contribution in [3.63, 3.8) is 0 Å². The van der Waals surface area contributed by atoms with Crippen LogP contribution in [0.3, 0.4) is 0 Å². The molecule has 6 nitrogen and oxygen atoms in total. The summed E-state index contributed by atoms with van der Waals surface area (Å²) in [6.07, 6.45) is 0. The Hall–Kier alpha value is -3.80. The van der Waals surface area contributed by atoms with Gasteiger partial charge in [0, 0.05) is 24.7 Å². The van der Waals surface area contributed by atoms with Gasteiger partial charge in [-0.15, -0.1) is 0 Å². The molecule has 158 valence electrons. The van der Waals surface area contributed by atoms with E-state index in [4.69, 9.17) is 14.2 Å². The number of carbonyl (C=O) groups is 2. The number of benzene rings is 3. The van der Waals surface area contributed by atoms with Crippen LogP contribution in [0, 0.1) is 0 Å². The largest absolute Gasteiger partial charge is 0.497 e. The Morgan fingerprint density at radius 3 is 2.23 bits per heavy atom. The summed E-state index contributed by atoms with van der Waals surface area (Å²) in [4.78, 5) is 27.1. The minimum absolute atomic E-state index is 0.287. The van der Waals surface area contributed by atoms with Crippen LogP contribution in [0.15, 0.2) is 72.8 Å². The summed E-state index contributed by atoms with van der Waals surface area (Å²) in [5.74, 6) is 0.546. The van der Waals surface area contributed by atoms with Crippen LogP contribution >= 0.6 is 0 Å². The molecule has 0 atom stereocenters. The van der Waals surface area contributed by atoms with Gasteiger partial charge in [-0.25, -0.2) is 0 Å². The first-order valence-corrected chi connectivity index (χ1v) is 9.96. The number of rotatable bonds is 6. The number of likely N-dealkylation sites (N-methyl/N-ethyl adjacent to an activating group) is 1. The van der Waals surface area contributed by atoms with E-state index in [0.717, 1.165) is 22.4 Å². The van der Waals surface area contributed by atoms with Crippen molar-refractivity contribution >= 4 is 11.9 Å². The molecule has 0 unspecified atom stereocenters. The predicted molar refractivity (Wildman–Crippen MR) is 115 cm³/mol.